The molecular weight excluding hydrogens is 589 g/mol. The monoisotopic (exact) mass is 614 g/mol. The lowest BCUT2D eigenvalue weighted by Gasteiger charge is -2.10. The summed E-state index contributed by atoms with van der Waals surface area (Å²) >= 11 is 0. The van der Waals surface area contributed by atoms with Gasteiger partial charge in [-0.2, -0.15) is 0 Å². The Morgan fingerprint density at radius 3 is 1.83 bits per heavy atom. The van der Waals surface area contributed by atoms with Crippen LogP contribution in [0.25, 0.3) is 94.6 Å². The lowest BCUT2D eigenvalue weighted by atomic mass is 10.0. The Bertz CT molecular complexity index is 2780. The lowest BCUT2D eigenvalue weighted by Crippen LogP contribution is -1.96. The van der Waals surface area contributed by atoms with Gasteiger partial charge in [0, 0.05) is 32.8 Å². The van der Waals surface area contributed by atoms with Crippen LogP contribution in [-0.2, 0) is 0 Å². The van der Waals surface area contributed by atoms with Crippen LogP contribution in [0.5, 0.6) is 0 Å². The summed E-state index contributed by atoms with van der Waals surface area (Å²) in [5, 5.41) is 3.17. The number of rotatable bonds is 4. The molecule has 5 nitrogen and oxygen atoms in total. The standard InChI is InChI=1S/C43H26N4O/c1-3-12-27(13-4-1)36-26-37(28-14-5-2-6-15-28)45-42(44-36)31-17-11-16-29(24-31)30-22-23-39-34(25-30)40-41(48-39)32-18-7-8-19-33(32)43-46-35-20-9-10-21-38(35)47(40)43/h1-26H. The van der Waals surface area contributed by atoms with Gasteiger partial charge in [-0.25, -0.2) is 15.0 Å². The third kappa shape index (κ3) is 4.15. The van der Waals surface area contributed by atoms with Gasteiger partial charge in [-0.05, 0) is 47.5 Å². The molecule has 0 aliphatic rings. The number of para-hydroxylation sites is 2. The van der Waals surface area contributed by atoms with Crippen molar-refractivity contribution in [2.24, 2.45) is 0 Å². The van der Waals surface area contributed by atoms with Gasteiger partial charge in [-0.1, -0.05) is 121 Å². The largest absolute Gasteiger partial charge is 0.454 e. The van der Waals surface area contributed by atoms with Gasteiger partial charge in [-0.3, -0.25) is 4.40 Å². The van der Waals surface area contributed by atoms with Crippen molar-refractivity contribution >= 4 is 49.5 Å². The van der Waals surface area contributed by atoms with E-state index in [9.17, 15) is 0 Å². The van der Waals surface area contributed by atoms with E-state index in [0.717, 1.165) is 88.7 Å². The third-order valence-corrected chi connectivity index (χ3v) is 9.18. The van der Waals surface area contributed by atoms with Crippen molar-refractivity contribution in [2.75, 3.05) is 0 Å². The second kappa shape index (κ2) is 10.5. The van der Waals surface area contributed by atoms with Crippen LogP contribution in [-0.4, -0.2) is 19.4 Å². The quantitative estimate of drug-likeness (QED) is 0.198. The van der Waals surface area contributed by atoms with Crippen molar-refractivity contribution in [2.45, 2.75) is 0 Å². The van der Waals surface area contributed by atoms with Crippen LogP contribution < -0.4 is 0 Å². The summed E-state index contributed by atoms with van der Waals surface area (Å²) in [4.78, 5) is 15.2. The van der Waals surface area contributed by atoms with Gasteiger partial charge >= 0.3 is 0 Å². The first-order chi connectivity index (χ1) is 23.8. The molecule has 5 heteroatoms. The lowest BCUT2D eigenvalue weighted by molar-refractivity contribution is 0.672. The summed E-state index contributed by atoms with van der Waals surface area (Å²) in [6, 6.07) is 54.2. The first-order valence-electron chi connectivity index (χ1n) is 16.0. The van der Waals surface area contributed by atoms with Gasteiger partial charge in [0.1, 0.15) is 16.7 Å². The number of hydrogen-bond acceptors (Lipinski definition) is 4. The van der Waals surface area contributed by atoms with Crippen LogP contribution >= 0.6 is 0 Å². The predicted octanol–water partition coefficient (Wildman–Crippen LogP) is 11.0. The Hall–Kier alpha value is -6.59. The minimum absolute atomic E-state index is 0.685. The second-order valence-corrected chi connectivity index (χ2v) is 12.1. The molecule has 4 heterocycles. The Morgan fingerprint density at radius 1 is 0.438 bits per heavy atom. The highest BCUT2D eigenvalue weighted by atomic mass is 16.3. The van der Waals surface area contributed by atoms with Gasteiger partial charge in [0.25, 0.3) is 0 Å². The molecule has 0 N–H and O–H groups in total. The highest BCUT2D eigenvalue weighted by molar-refractivity contribution is 6.19. The zero-order valence-electron chi connectivity index (χ0n) is 25.7. The molecule has 0 bridgehead atoms. The number of fused-ring (bicyclic) bond motifs is 10. The third-order valence-electron chi connectivity index (χ3n) is 9.18. The van der Waals surface area contributed by atoms with Gasteiger partial charge in [0.05, 0.1) is 22.4 Å². The molecule has 0 radical (unpaired) electrons. The van der Waals surface area contributed by atoms with E-state index in [4.69, 9.17) is 19.4 Å². The van der Waals surface area contributed by atoms with Crippen LogP contribution in [0.4, 0.5) is 0 Å². The fourth-order valence-electron chi connectivity index (χ4n) is 6.91. The van der Waals surface area contributed by atoms with Crippen LogP contribution in [0.1, 0.15) is 0 Å². The van der Waals surface area contributed by atoms with Crippen LogP contribution in [0, 0.1) is 0 Å². The maximum atomic E-state index is 6.62. The van der Waals surface area contributed by atoms with Crippen molar-refractivity contribution in [1.29, 1.82) is 0 Å². The molecular formula is C43H26N4O. The molecule has 10 aromatic rings. The summed E-state index contributed by atoms with van der Waals surface area (Å²) < 4.78 is 8.87. The molecule has 0 unspecified atom stereocenters. The molecule has 224 valence electrons. The Labute approximate surface area is 275 Å². The molecule has 0 aliphatic heterocycles. The van der Waals surface area contributed by atoms with E-state index < -0.39 is 0 Å². The van der Waals surface area contributed by atoms with E-state index in [1.54, 1.807) is 0 Å². The summed E-state index contributed by atoms with van der Waals surface area (Å²) in [5.41, 5.74) is 12.7. The maximum absolute atomic E-state index is 6.62. The number of pyridine rings is 1. The van der Waals surface area contributed by atoms with E-state index in [1.165, 1.54) is 0 Å². The molecule has 0 amide bonds. The average Bonchev–Trinajstić information content (AvgIpc) is 3.74. The minimum Gasteiger partial charge on any atom is -0.454 e. The van der Waals surface area contributed by atoms with Crippen molar-refractivity contribution in [1.82, 2.24) is 19.4 Å². The molecule has 48 heavy (non-hydrogen) atoms. The van der Waals surface area contributed by atoms with Crippen molar-refractivity contribution < 1.29 is 4.42 Å². The van der Waals surface area contributed by atoms with Crippen molar-refractivity contribution in [3.8, 4) is 45.0 Å². The molecule has 0 aliphatic carbocycles. The van der Waals surface area contributed by atoms with E-state index in [2.05, 4.69) is 120 Å². The topological polar surface area (TPSA) is 56.2 Å². The van der Waals surface area contributed by atoms with Crippen molar-refractivity contribution in [3.63, 3.8) is 0 Å². The van der Waals surface area contributed by atoms with E-state index in [-0.39, 0.29) is 0 Å². The Balaban J connectivity index is 1.17. The molecule has 0 spiro atoms. The highest BCUT2D eigenvalue weighted by Crippen LogP contribution is 2.40. The Morgan fingerprint density at radius 2 is 1.06 bits per heavy atom. The predicted molar refractivity (Wildman–Crippen MR) is 195 cm³/mol. The zero-order valence-corrected chi connectivity index (χ0v) is 25.7. The average molecular weight is 615 g/mol. The number of furan rings is 1. The zero-order chi connectivity index (χ0) is 31.6. The van der Waals surface area contributed by atoms with E-state index >= 15 is 0 Å². The minimum atomic E-state index is 0.685. The molecule has 0 saturated carbocycles. The highest BCUT2D eigenvalue weighted by Gasteiger charge is 2.20. The SMILES string of the molecule is c1ccc(-c2cc(-c3ccccc3)nc(-c3cccc(-c4ccc5oc6c7ccccc7c7nc8ccccc8n7c6c5c4)c3)n2)cc1. The number of nitrogens with zero attached hydrogens (tertiary/aromatic N) is 4. The fraction of sp³-hybridized carbons (Fsp3) is 0. The van der Waals surface area contributed by atoms with Gasteiger partial charge in [0.15, 0.2) is 11.4 Å². The van der Waals surface area contributed by atoms with E-state index in [0.29, 0.717) is 5.82 Å². The molecule has 6 aromatic carbocycles. The summed E-state index contributed by atoms with van der Waals surface area (Å²) in [5.74, 6) is 0.685. The van der Waals surface area contributed by atoms with Crippen LogP contribution in [0.3, 0.4) is 0 Å². The van der Waals surface area contributed by atoms with E-state index in [1.807, 2.05) is 42.5 Å². The normalized spacial score (nSPS) is 11.8. The summed E-state index contributed by atoms with van der Waals surface area (Å²) in [6.07, 6.45) is 0. The van der Waals surface area contributed by atoms with Gasteiger partial charge in [-0.15, -0.1) is 0 Å². The molecule has 4 aromatic heterocycles. The fourth-order valence-corrected chi connectivity index (χ4v) is 6.91. The first-order valence-corrected chi connectivity index (χ1v) is 16.0. The summed E-state index contributed by atoms with van der Waals surface area (Å²) in [7, 11) is 0. The number of hydrogen-bond donors (Lipinski definition) is 0. The second-order valence-electron chi connectivity index (χ2n) is 12.1. The molecule has 0 fully saturated rings. The Kier molecular flexibility index (Phi) is 5.81. The maximum Gasteiger partial charge on any atom is 0.160 e. The molecule has 0 saturated heterocycles. The van der Waals surface area contributed by atoms with Crippen LogP contribution in [0.15, 0.2) is 162 Å². The van der Waals surface area contributed by atoms with Crippen molar-refractivity contribution in [3.05, 3.63) is 158 Å². The van der Waals surface area contributed by atoms with Gasteiger partial charge in [0.2, 0.25) is 0 Å². The number of aromatic nitrogens is 4. The first kappa shape index (κ1) is 26.6. The van der Waals surface area contributed by atoms with Gasteiger partial charge < -0.3 is 4.42 Å². The summed E-state index contributed by atoms with van der Waals surface area (Å²) in [6.45, 7) is 0. The number of benzene rings is 6. The smallest absolute Gasteiger partial charge is 0.160 e. The molecule has 0 atom stereocenters. The van der Waals surface area contributed by atoms with Crippen LogP contribution in [0.2, 0.25) is 0 Å². The molecule has 10 rings (SSSR count). The number of imidazole rings is 1.